The summed E-state index contributed by atoms with van der Waals surface area (Å²) in [7, 11) is 0. The van der Waals surface area contributed by atoms with Gasteiger partial charge in [-0.1, -0.05) is 43.3 Å². The molecule has 0 aliphatic rings. The maximum atomic E-state index is 12.1. The van der Waals surface area contributed by atoms with Crippen LogP contribution in [0.2, 0.25) is 0 Å². The van der Waals surface area contributed by atoms with Crippen molar-refractivity contribution in [2.45, 2.75) is 20.0 Å². The fourth-order valence-electron chi connectivity index (χ4n) is 2.55. The normalized spacial score (nSPS) is 10.2. The predicted octanol–water partition coefficient (Wildman–Crippen LogP) is 3.26. The highest BCUT2D eigenvalue weighted by Crippen LogP contribution is 2.18. The molecule has 150 valence electrons. The smallest absolute Gasteiger partial charge is 0.305 e. The fourth-order valence-corrected chi connectivity index (χ4v) is 2.55. The first-order chi connectivity index (χ1) is 14.2. The molecule has 0 spiro atoms. The van der Waals surface area contributed by atoms with Crippen LogP contribution >= 0.6 is 0 Å². The number of aryl methyl sites for hydroxylation is 1. The summed E-state index contributed by atoms with van der Waals surface area (Å²) in [5.74, 6) is 0.846. The van der Waals surface area contributed by atoms with E-state index in [0.29, 0.717) is 17.3 Å². The van der Waals surface area contributed by atoms with Gasteiger partial charge in [0.25, 0.3) is 5.91 Å². The first-order valence-electron chi connectivity index (χ1n) is 9.22. The lowest BCUT2D eigenvalue weighted by atomic mass is 10.1. The molecule has 0 saturated heterocycles. The Kier molecular flexibility index (Phi) is 6.89. The highest BCUT2D eigenvalue weighted by Gasteiger charge is 2.13. The molecule has 0 fully saturated rings. The van der Waals surface area contributed by atoms with E-state index in [4.69, 9.17) is 13.9 Å². The van der Waals surface area contributed by atoms with Gasteiger partial charge in [0.05, 0.1) is 0 Å². The molecule has 0 radical (unpaired) electrons. The number of amides is 2. The largest absolute Gasteiger partial charge is 0.486 e. The number of hydrogen-bond acceptors (Lipinski definition) is 5. The second-order valence-corrected chi connectivity index (χ2v) is 6.12. The van der Waals surface area contributed by atoms with Crippen molar-refractivity contribution in [1.29, 1.82) is 0 Å². The molecule has 0 saturated carbocycles. The zero-order chi connectivity index (χ0) is 20.5. The molecule has 29 heavy (non-hydrogen) atoms. The van der Waals surface area contributed by atoms with Crippen molar-refractivity contribution in [1.82, 2.24) is 10.9 Å². The van der Waals surface area contributed by atoms with E-state index in [0.717, 1.165) is 12.0 Å². The van der Waals surface area contributed by atoms with E-state index in [-0.39, 0.29) is 19.0 Å². The monoisotopic (exact) mass is 394 g/mol. The molecule has 2 N–H and O–H groups in total. The molecular formula is C22H22N2O5. The Balaban J connectivity index is 1.43. The van der Waals surface area contributed by atoms with Crippen molar-refractivity contribution in [2.75, 3.05) is 6.61 Å². The number of ether oxygens (including phenoxy) is 2. The molecule has 7 nitrogen and oxygen atoms in total. The van der Waals surface area contributed by atoms with Crippen LogP contribution in [0.1, 0.15) is 28.8 Å². The van der Waals surface area contributed by atoms with Gasteiger partial charge in [-0.2, -0.15) is 0 Å². The molecule has 0 atom stereocenters. The quantitative estimate of drug-likeness (QED) is 0.573. The summed E-state index contributed by atoms with van der Waals surface area (Å²) in [6.45, 7) is 1.98. The van der Waals surface area contributed by atoms with E-state index < -0.39 is 11.8 Å². The number of benzene rings is 2. The van der Waals surface area contributed by atoms with E-state index in [9.17, 15) is 9.59 Å². The number of carbonyl (C=O) groups is 2. The van der Waals surface area contributed by atoms with Crippen LogP contribution in [0.25, 0.3) is 0 Å². The summed E-state index contributed by atoms with van der Waals surface area (Å²) in [5, 5.41) is 0. The highest BCUT2D eigenvalue weighted by atomic mass is 16.5. The molecular weight excluding hydrogens is 372 g/mol. The average molecular weight is 394 g/mol. The number of carbonyl (C=O) groups excluding carboxylic acids is 2. The summed E-state index contributed by atoms with van der Waals surface area (Å²) in [6.07, 6.45) is 0.795. The lowest BCUT2D eigenvalue weighted by molar-refractivity contribution is -0.123. The Hall–Kier alpha value is -3.74. The Bertz CT molecular complexity index is 953. The maximum Gasteiger partial charge on any atom is 0.305 e. The minimum Gasteiger partial charge on any atom is -0.486 e. The van der Waals surface area contributed by atoms with E-state index in [2.05, 4.69) is 10.9 Å². The van der Waals surface area contributed by atoms with Crippen LogP contribution in [-0.2, 0) is 17.8 Å². The van der Waals surface area contributed by atoms with Crippen molar-refractivity contribution in [3.63, 3.8) is 0 Å². The van der Waals surface area contributed by atoms with E-state index in [1.165, 1.54) is 6.07 Å². The Morgan fingerprint density at radius 3 is 2.45 bits per heavy atom. The number of nitrogens with one attached hydrogen (secondary N) is 2. The minimum absolute atomic E-state index is 0.0641. The Morgan fingerprint density at radius 2 is 1.66 bits per heavy atom. The molecule has 0 aliphatic heterocycles. The molecule has 0 unspecified atom stereocenters. The topological polar surface area (TPSA) is 89.8 Å². The molecule has 1 heterocycles. The molecule has 3 aromatic rings. The first kappa shape index (κ1) is 20.0. The van der Waals surface area contributed by atoms with Gasteiger partial charge in [0.15, 0.2) is 12.4 Å². The number of hydrogen-bond donors (Lipinski definition) is 2. The summed E-state index contributed by atoms with van der Waals surface area (Å²) < 4.78 is 16.5. The number of furan rings is 1. The molecule has 2 amide bonds. The molecule has 0 aliphatic carbocycles. The number of rotatable bonds is 8. The molecule has 7 heteroatoms. The van der Waals surface area contributed by atoms with Crippen molar-refractivity contribution in [3.8, 4) is 11.5 Å². The van der Waals surface area contributed by atoms with Crippen LogP contribution in [-0.4, -0.2) is 18.4 Å². The van der Waals surface area contributed by atoms with Crippen molar-refractivity contribution in [2.24, 2.45) is 0 Å². The van der Waals surface area contributed by atoms with Gasteiger partial charge in [0, 0.05) is 0 Å². The van der Waals surface area contributed by atoms with E-state index >= 15 is 0 Å². The van der Waals surface area contributed by atoms with Crippen molar-refractivity contribution < 1.29 is 23.5 Å². The van der Waals surface area contributed by atoms with Crippen LogP contribution < -0.4 is 20.3 Å². The SMILES string of the molecule is CCc1ccccc1OCC(=O)NNC(=O)c1ccc(COc2ccccc2)o1. The minimum atomic E-state index is -0.571. The molecule has 2 aromatic carbocycles. The lowest BCUT2D eigenvalue weighted by Gasteiger charge is -2.10. The lowest BCUT2D eigenvalue weighted by Crippen LogP contribution is -2.43. The van der Waals surface area contributed by atoms with Gasteiger partial charge in [-0.15, -0.1) is 0 Å². The summed E-state index contributed by atoms with van der Waals surface area (Å²) >= 11 is 0. The van der Waals surface area contributed by atoms with Gasteiger partial charge in [-0.3, -0.25) is 20.4 Å². The van der Waals surface area contributed by atoms with Gasteiger partial charge in [-0.25, -0.2) is 0 Å². The first-order valence-corrected chi connectivity index (χ1v) is 9.22. The Morgan fingerprint density at radius 1 is 0.897 bits per heavy atom. The molecule has 1 aromatic heterocycles. The zero-order valence-electron chi connectivity index (χ0n) is 16.0. The van der Waals surface area contributed by atoms with Crippen LogP contribution in [0.4, 0.5) is 0 Å². The van der Waals surface area contributed by atoms with E-state index in [1.54, 1.807) is 12.1 Å². The van der Waals surface area contributed by atoms with Gasteiger partial charge in [0.2, 0.25) is 0 Å². The second kappa shape index (κ2) is 9.98. The number of para-hydroxylation sites is 2. The van der Waals surface area contributed by atoms with Gasteiger partial charge < -0.3 is 13.9 Å². The molecule has 0 bridgehead atoms. The zero-order valence-corrected chi connectivity index (χ0v) is 16.0. The molecule has 3 rings (SSSR count). The van der Waals surface area contributed by atoms with Gasteiger partial charge >= 0.3 is 5.91 Å². The van der Waals surface area contributed by atoms with Crippen molar-refractivity contribution >= 4 is 11.8 Å². The number of hydrazine groups is 1. The third kappa shape index (κ3) is 5.87. The van der Waals surface area contributed by atoms with Gasteiger partial charge in [-0.05, 0) is 42.3 Å². The van der Waals surface area contributed by atoms with Gasteiger partial charge in [0.1, 0.15) is 23.9 Å². The van der Waals surface area contributed by atoms with Crippen molar-refractivity contribution in [3.05, 3.63) is 83.8 Å². The average Bonchev–Trinajstić information content (AvgIpc) is 3.24. The van der Waals surface area contributed by atoms with Crippen LogP contribution in [0.3, 0.4) is 0 Å². The summed E-state index contributed by atoms with van der Waals surface area (Å²) in [6, 6.07) is 19.9. The Labute approximate surface area is 168 Å². The highest BCUT2D eigenvalue weighted by molar-refractivity contribution is 5.93. The van der Waals surface area contributed by atoms with Crippen LogP contribution in [0.15, 0.2) is 71.1 Å². The second-order valence-electron chi connectivity index (χ2n) is 6.12. The van der Waals surface area contributed by atoms with Crippen LogP contribution in [0.5, 0.6) is 11.5 Å². The standard InChI is InChI=1S/C22H22N2O5/c1-2-16-8-6-7-11-19(16)28-15-21(25)23-24-22(26)20-13-12-18(29-20)14-27-17-9-4-3-5-10-17/h3-13H,2,14-15H2,1H3,(H,23,25)(H,24,26). The van der Waals surface area contributed by atoms with E-state index in [1.807, 2.05) is 55.5 Å². The third-order valence-electron chi connectivity index (χ3n) is 4.04. The predicted molar refractivity (Wildman–Crippen MR) is 106 cm³/mol. The summed E-state index contributed by atoms with van der Waals surface area (Å²) in [4.78, 5) is 24.0. The third-order valence-corrected chi connectivity index (χ3v) is 4.04. The summed E-state index contributed by atoms with van der Waals surface area (Å²) in [5.41, 5.74) is 5.60. The maximum absolute atomic E-state index is 12.1. The fraction of sp³-hybridized carbons (Fsp3) is 0.182. The van der Waals surface area contributed by atoms with Crippen LogP contribution in [0, 0.1) is 0 Å².